The van der Waals surface area contributed by atoms with Gasteiger partial charge in [0.05, 0.1) is 19.0 Å². The van der Waals surface area contributed by atoms with Crippen molar-refractivity contribution in [3.8, 4) is 0 Å². The molecule has 0 fully saturated rings. The molecule has 1 heterocycles. The van der Waals surface area contributed by atoms with Crippen molar-refractivity contribution in [1.82, 2.24) is 4.90 Å². The Morgan fingerprint density at radius 1 is 0.786 bits per heavy atom. The number of imide groups is 1. The van der Waals surface area contributed by atoms with Crippen molar-refractivity contribution in [3.63, 3.8) is 0 Å². The second-order valence-corrected chi connectivity index (χ2v) is 6.76. The minimum Gasteiger partial charge on any atom is -0.292 e. The number of aliphatic imine (C=N–C) groups is 1. The maximum Gasteiger partial charge on any atom is 0.261 e. The van der Waals surface area contributed by atoms with Gasteiger partial charge in [-0.1, -0.05) is 78.9 Å². The number of hydrogen-bond acceptors (Lipinski definition) is 3. The van der Waals surface area contributed by atoms with Crippen molar-refractivity contribution in [1.29, 1.82) is 0 Å². The first-order valence-corrected chi connectivity index (χ1v) is 9.26. The van der Waals surface area contributed by atoms with Gasteiger partial charge in [-0.25, -0.2) is 0 Å². The molecule has 4 nitrogen and oxygen atoms in total. The molecule has 4 heteroatoms. The van der Waals surface area contributed by atoms with Crippen LogP contribution in [-0.4, -0.2) is 22.9 Å². The molecule has 0 aromatic heterocycles. The Kier molecular flexibility index (Phi) is 5.11. The van der Waals surface area contributed by atoms with Crippen LogP contribution in [0, 0.1) is 0 Å². The molecule has 4 rings (SSSR count). The standard InChI is InChI=1S/C24H20N2O2/c27-23-21-14-8-7-13-20(21)22(16-25-15-18-9-3-1-4-10-18)24(28)26(23)17-19-11-5-2-6-12-19/h1-14,16,22H,15,17H2. The lowest BCUT2D eigenvalue weighted by atomic mass is 9.89. The number of benzene rings is 3. The number of rotatable bonds is 5. The summed E-state index contributed by atoms with van der Waals surface area (Å²) in [6, 6.07) is 26.7. The van der Waals surface area contributed by atoms with Crippen LogP contribution in [0.2, 0.25) is 0 Å². The van der Waals surface area contributed by atoms with Crippen LogP contribution >= 0.6 is 0 Å². The molecular formula is C24H20N2O2. The van der Waals surface area contributed by atoms with Crippen molar-refractivity contribution in [3.05, 3.63) is 107 Å². The van der Waals surface area contributed by atoms with Gasteiger partial charge < -0.3 is 0 Å². The summed E-state index contributed by atoms with van der Waals surface area (Å²) in [6.45, 7) is 0.759. The Bertz CT molecular complexity index is 1010. The van der Waals surface area contributed by atoms with Crippen LogP contribution in [-0.2, 0) is 17.9 Å². The van der Waals surface area contributed by atoms with Gasteiger partial charge in [0.2, 0.25) is 5.91 Å². The number of amides is 2. The Hall–Kier alpha value is -3.53. The molecular weight excluding hydrogens is 348 g/mol. The first-order valence-electron chi connectivity index (χ1n) is 9.26. The second kappa shape index (κ2) is 8.01. The molecule has 28 heavy (non-hydrogen) atoms. The van der Waals surface area contributed by atoms with E-state index in [0.717, 1.165) is 16.7 Å². The van der Waals surface area contributed by atoms with Crippen LogP contribution in [0.3, 0.4) is 0 Å². The predicted octanol–water partition coefficient (Wildman–Crippen LogP) is 4.22. The van der Waals surface area contributed by atoms with E-state index in [9.17, 15) is 9.59 Å². The van der Waals surface area contributed by atoms with E-state index < -0.39 is 5.92 Å². The molecule has 0 bridgehead atoms. The van der Waals surface area contributed by atoms with Gasteiger partial charge in [-0.05, 0) is 22.8 Å². The first kappa shape index (κ1) is 17.9. The van der Waals surface area contributed by atoms with Gasteiger partial charge in [0, 0.05) is 11.8 Å². The maximum atomic E-state index is 13.2. The molecule has 0 saturated heterocycles. The second-order valence-electron chi connectivity index (χ2n) is 6.76. The average molecular weight is 368 g/mol. The van der Waals surface area contributed by atoms with Crippen LogP contribution in [0.4, 0.5) is 0 Å². The van der Waals surface area contributed by atoms with Crippen molar-refractivity contribution in [2.45, 2.75) is 19.0 Å². The van der Waals surface area contributed by atoms with E-state index in [2.05, 4.69) is 4.99 Å². The van der Waals surface area contributed by atoms with E-state index >= 15 is 0 Å². The van der Waals surface area contributed by atoms with Gasteiger partial charge in [-0.2, -0.15) is 0 Å². The minimum absolute atomic E-state index is 0.232. The highest BCUT2D eigenvalue weighted by Gasteiger charge is 2.37. The van der Waals surface area contributed by atoms with Crippen molar-refractivity contribution < 1.29 is 9.59 Å². The zero-order chi connectivity index (χ0) is 19.3. The summed E-state index contributed by atoms with van der Waals surface area (Å²) in [5, 5.41) is 0. The number of carbonyl (C=O) groups excluding carboxylic acids is 2. The highest BCUT2D eigenvalue weighted by atomic mass is 16.2. The highest BCUT2D eigenvalue weighted by molar-refractivity contribution is 6.16. The highest BCUT2D eigenvalue weighted by Crippen LogP contribution is 2.29. The first-order chi connectivity index (χ1) is 13.7. The SMILES string of the molecule is O=C1c2ccccc2C(C=NCc2ccccc2)C(=O)N1Cc1ccccc1. The molecule has 1 aliphatic rings. The number of fused-ring (bicyclic) bond motifs is 1. The van der Waals surface area contributed by atoms with Gasteiger partial charge in [0.25, 0.3) is 5.91 Å². The fourth-order valence-electron chi connectivity index (χ4n) is 3.42. The summed E-state index contributed by atoms with van der Waals surface area (Å²) >= 11 is 0. The van der Waals surface area contributed by atoms with Gasteiger partial charge in [-0.3, -0.25) is 19.5 Å². The topological polar surface area (TPSA) is 49.7 Å². The lowest BCUT2D eigenvalue weighted by Gasteiger charge is -2.31. The van der Waals surface area contributed by atoms with Crippen LogP contribution < -0.4 is 0 Å². The zero-order valence-electron chi connectivity index (χ0n) is 15.4. The third-order valence-electron chi connectivity index (χ3n) is 4.86. The Morgan fingerprint density at radius 2 is 1.39 bits per heavy atom. The average Bonchev–Trinajstić information content (AvgIpc) is 2.75. The van der Waals surface area contributed by atoms with Crippen LogP contribution in [0.25, 0.3) is 0 Å². The fraction of sp³-hybridized carbons (Fsp3) is 0.125. The van der Waals surface area contributed by atoms with Crippen molar-refractivity contribution in [2.75, 3.05) is 0 Å². The number of nitrogens with zero attached hydrogens (tertiary/aromatic N) is 2. The Balaban J connectivity index is 1.63. The molecule has 1 aliphatic heterocycles. The molecule has 2 amide bonds. The molecule has 1 unspecified atom stereocenters. The van der Waals surface area contributed by atoms with E-state index in [0.29, 0.717) is 12.1 Å². The Morgan fingerprint density at radius 3 is 2.11 bits per heavy atom. The summed E-state index contributed by atoms with van der Waals surface area (Å²) < 4.78 is 0. The van der Waals surface area contributed by atoms with Gasteiger partial charge in [0.1, 0.15) is 0 Å². The third-order valence-corrected chi connectivity index (χ3v) is 4.86. The molecule has 1 atom stereocenters. The molecule has 138 valence electrons. The van der Waals surface area contributed by atoms with E-state index in [1.165, 1.54) is 4.90 Å². The number of hydrogen-bond donors (Lipinski definition) is 0. The largest absolute Gasteiger partial charge is 0.292 e. The van der Waals surface area contributed by atoms with Crippen molar-refractivity contribution >= 4 is 18.0 Å². The molecule has 0 spiro atoms. The van der Waals surface area contributed by atoms with Crippen LogP contribution in [0.15, 0.2) is 89.9 Å². The summed E-state index contributed by atoms with van der Waals surface area (Å²) in [5.41, 5.74) is 3.28. The van der Waals surface area contributed by atoms with Gasteiger partial charge in [0.15, 0.2) is 0 Å². The van der Waals surface area contributed by atoms with Crippen LogP contribution in [0.1, 0.15) is 33.0 Å². The molecule has 0 N–H and O–H groups in total. The normalized spacial score (nSPS) is 16.4. The third kappa shape index (κ3) is 3.62. The maximum absolute atomic E-state index is 13.2. The monoisotopic (exact) mass is 368 g/mol. The van der Waals surface area contributed by atoms with Crippen LogP contribution in [0.5, 0.6) is 0 Å². The molecule has 0 radical (unpaired) electrons. The molecule has 0 saturated carbocycles. The Labute approximate surface area is 164 Å². The van der Waals surface area contributed by atoms with E-state index in [-0.39, 0.29) is 18.4 Å². The molecule has 3 aromatic carbocycles. The van der Waals surface area contributed by atoms with Crippen molar-refractivity contribution in [2.24, 2.45) is 4.99 Å². The van der Waals surface area contributed by atoms with Gasteiger partial charge >= 0.3 is 0 Å². The fourth-order valence-corrected chi connectivity index (χ4v) is 3.42. The van der Waals surface area contributed by atoms with E-state index in [4.69, 9.17) is 0 Å². The summed E-state index contributed by atoms with van der Waals surface area (Å²) in [6.07, 6.45) is 1.68. The van der Waals surface area contributed by atoms with E-state index in [1.807, 2.05) is 78.9 Å². The minimum atomic E-state index is -0.554. The summed E-state index contributed by atoms with van der Waals surface area (Å²) in [4.78, 5) is 31.9. The lowest BCUT2D eigenvalue weighted by molar-refractivity contribution is -0.129. The summed E-state index contributed by atoms with van der Waals surface area (Å²) in [7, 11) is 0. The van der Waals surface area contributed by atoms with E-state index in [1.54, 1.807) is 12.3 Å². The molecule has 3 aromatic rings. The zero-order valence-corrected chi connectivity index (χ0v) is 15.4. The van der Waals surface area contributed by atoms with Gasteiger partial charge in [-0.15, -0.1) is 0 Å². The lowest BCUT2D eigenvalue weighted by Crippen LogP contribution is -2.44. The summed E-state index contributed by atoms with van der Waals surface area (Å²) in [5.74, 6) is -1.04. The quantitative estimate of drug-likeness (QED) is 0.500. The smallest absolute Gasteiger partial charge is 0.261 e. The number of carbonyl (C=O) groups is 2. The predicted molar refractivity (Wildman–Crippen MR) is 109 cm³/mol. The molecule has 0 aliphatic carbocycles.